The van der Waals surface area contributed by atoms with Gasteiger partial charge in [-0.2, -0.15) is 5.10 Å². The maximum atomic E-state index is 11.4. The number of aromatic amines is 1. The quantitative estimate of drug-likeness (QED) is 0.453. The number of nitro groups is 1. The number of nitrogens with zero attached hydrogens (tertiary/aromatic N) is 2. The van der Waals surface area contributed by atoms with Gasteiger partial charge in [0.05, 0.1) is 12.0 Å². The van der Waals surface area contributed by atoms with E-state index in [9.17, 15) is 14.9 Å². The Bertz CT molecular complexity index is 437. The minimum atomic E-state index is -1.08. The van der Waals surface area contributed by atoms with Crippen LogP contribution >= 0.6 is 0 Å². The van der Waals surface area contributed by atoms with Gasteiger partial charge in [-0.15, -0.1) is 0 Å². The molecule has 0 bridgehead atoms. The van der Waals surface area contributed by atoms with Crippen LogP contribution in [0.1, 0.15) is 12.8 Å². The lowest BCUT2D eigenvalue weighted by Crippen LogP contribution is -2.31. The maximum absolute atomic E-state index is 11.4. The monoisotopic (exact) mass is 227 g/mol. The van der Waals surface area contributed by atoms with Crippen molar-refractivity contribution in [1.82, 2.24) is 10.2 Å². The first-order valence-electron chi connectivity index (χ1n) is 4.54. The third-order valence-corrected chi connectivity index (χ3v) is 2.34. The van der Waals surface area contributed by atoms with Gasteiger partial charge in [0, 0.05) is 12.8 Å². The Morgan fingerprint density at radius 2 is 2.38 bits per heavy atom. The summed E-state index contributed by atoms with van der Waals surface area (Å²) in [6.07, 6.45) is 1.99. The first-order valence-corrected chi connectivity index (χ1v) is 4.54. The van der Waals surface area contributed by atoms with Crippen molar-refractivity contribution >= 4 is 11.7 Å². The van der Waals surface area contributed by atoms with Crippen LogP contribution in [0.5, 0.6) is 5.88 Å². The molecule has 0 spiro atoms. The Hall–Kier alpha value is -2.12. The van der Waals surface area contributed by atoms with Gasteiger partial charge in [0.15, 0.2) is 0 Å². The summed E-state index contributed by atoms with van der Waals surface area (Å²) >= 11 is 0. The largest absolute Gasteiger partial charge is 0.466 e. The lowest BCUT2D eigenvalue weighted by atomic mass is 10.3. The zero-order chi connectivity index (χ0) is 11.8. The highest BCUT2D eigenvalue weighted by Gasteiger charge is 2.55. The second kappa shape index (κ2) is 3.47. The number of rotatable bonds is 4. The highest BCUT2D eigenvalue weighted by Crippen LogP contribution is 2.42. The first-order chi connectivity index (χ1) is 7.59. The standard InChI is InChI=1S/C8H9N3O5/c1-15-7(12)8(2-3-8)16-6-5(11(13)14)4-9-10-6/h4H,2-3H2,1H3,(H,9,10). The van der Waals surface area contributed by atoms with Crippen molar-refractivity contribution in [3.63, 3.8) is 0 Å². The van der Waals surface area contributed by atoms with E-state index in [2.05, 4.69) is 14.9 Å². The topological polar surface area (TPSA) is 107 Å². The van der Waals surface area contributed by atoms with Crippen LogP contribution in [0.25, 0.3) is 0 Å². The van der Waals surface area contributed by atoms with Crippen molar-refractivity contribution in [3.8, 4) is 5.88 Å². The number of H-pyrrole nitrogens is 1. The molecule has 0 unspecified atom stereocenters. The average molecular weight is 227 g/mol. The van der Waals surface area contributed by atoms with Gasteiger partial charge in [0.25, 0.3) is 5.88 Å². The smallest absolute Gasteiger partial charge is 0.350 e. The van der Waals surface area contributed by atoms with Crippen molar-refractivity contribution in [2.45, 2.75) is 18.4 Å². The molecule has 8 heteroatoms. The van der Waals surface area contributed by atoms with Crippen LogP contribution < -0.4 is 4.74 Å². The zero-order valence-electron chi connectivity index (χ0n) is 8.43. The Balaban J connectivity index is 2.18. The summed E-state index contributed by atoms with van der Waals surface area (Å²) in [6, 6.07) is 0. The van der Waals surface area contributed by atoms with E-state index in [0.29, 0.717) is 12.8 Å². The van der Waals surface area contributed by atoms with E-state index >= 15 is 0 Å². The molecule has 16 heavy (non-hydrogen) atoms. The van der Waals surface area contributed by atoms with Gasteiger partial charge in [-0.3, -0.25) is 10.1 Å². The highest BCUT2D eigenvalue weighted by molar-refractivity contribution is 5.83. The molecule has 0 atom stereocenters. The minimum Gasteiger partial charge on any atom is -0.466 e. The van der Waals surface area contributed by atoms with Gasteiger partial charge in [-0.25, -0.2) is 9.89 Å². The molecule has 0 aliphatic heterocycles. The molecule has 1 heterocycles. The van der Waals surface area contributed by atoms with E-state index in [4.69, 9.17) is 4.74 Å². The third-order valence-electron chi connectivity index (χ3n) is 2.34. The van der Waals surface area contributed by atoms with E-state index in [0.717, 1.165) is 6.20 Å². The molecule has 0 amide bonds. The summed E-state index contributed by atoms with van der Waals surface area (Å²) in [5.41, 5.74) is -1.37. The van der Waals surface area contributed by atoms with E-state index in [1.54, 1.807) is 0 Å². The Labute approximate surface area is 89.7 Å². The fourth-order valence-electron chi connectivity index (χ4n) is 1.32. The summed E-state index contributed by atoms with van der Waals surface area (Å²) in [5, 5.41) is 16.4. The number of carbonyl (C=O) groups excluding carboxylic acids is 1. The van der Waals surface area contributed by atoms with Crippen molar-refractivity contribution in [2.75, 3.05) is 7.11 Å². The molecule has 1 aromatic heterocycles. The molecule has 2 rings (SSSR count). The predicted octanol–water partition coefficient (Wildman–Crippen LogP) is 0.402. The molecule has 0 aromatic carbocycles. The van der Waals surface area contributed by atoms with E-state index in [-0.39, 0.29) is 11.6 Å². The van der Waals surface area contributed by atoms with Crippen LogP contribution in [0, 0.1) is 10.1 Å². The number of ether oxygens (including phenoxy) is 2. The summed E-state index contributed by atoms with van der Waals surface area (Å²) in [5.74, 6) is -0.649. The number of aromatic nitrogens is 2. The number of methoxy groups -OCH3 is 1. The Morgan fingerprint density at radius 3 is 2.88 bits per heavy atom. The van der Waals surface area contributed by atoms with Crippen molar-refractivity contribution in [3.05, 3.63) is 16.3 Å². The fourth-order valence-corrected chi connectivity index (χ4v) is 1.32. The number of hydrogen-bond donors (Lipinski definition) is 1. The summed E-state index contributed by atoms with van der Waals surface area (Å²) in [4.78, 5) is 21.3. The lowest BCUT2D eigenvalue weighted by molar-refractivity contribution is -0.386. The highest BCUT2D eigenvalue weighted by atomic mass is 16.6. The van der Waals surface area contributed by atoms with E-state index < -0.39 is 16.5 Å². The second-order valence-corrected chi connectivity index (χ2v) is 3.43. The number of esters is 1. The van der Waals surface area contributed by atoms with Gasteiger partial charge >= 0.3 is 11.7 Å². The molecule has 1 aliphatic rings. The van der Waals surface area contributed by atoms with E-state index in [1.807, 2.05) is 0 Å². The molecule has 1 N–H and O–H groups in total. The van der Waals surface area contributed by atoms with Gasteiger partial charge in [0.1, 0.15) is 6.20 Å². The molecular weight excluding hydrogens is 218 g/mol. The average Bonchev–Trinajstić information content (AvgIpc) is 2.87. The first kappa shape index (κ1) is 10.4. The molecule has 1 aliphatic carbocycles. The number of carbonyl (C=O) groups is 1. The summed E-state index contributed by atoms with van der Waals surface area (Å²) < 4.78 is 9.82. The van der Waals surface area contributed by atoms with Gasteiger partial charge < -0.3 is 9.47 Å². The van der Waals surface area contributed by atoms with Gasteiger partial charge in [-0.05, 0) is 0 Å². The number of hydrogen-bond acceptors (Lipinski definition) is 6. The van der Waals surface area contributed by atoms with Gasteiger partial charge in [0.2, 0.25) is 5.60 Å². The van der Waals surface area contributed by atoms with Crippen LogP contribution in [0.3, 0.4) is 0 Å². The molecule has 86 valence electrons. The fraction of sp³-hybridized carbons (Fsp3) is 0.500. The molecule has 8 nitrogen and oxygen atoms in total. The molecular formula is C8H9N3O5. The van der Waals surface area contributed by atoms with Crippen molar-refractivity contribution in [1.29, 1.82) is 0 Å². The van der Waals surface area contributed by atoms with Crippen LogP contribution in [0.2, 0.25) is 0 Å². The van der Waals surface area contributed by atoms with Crippen LogP contribution in [-0.4, -0.2) is 33.8 Å². The Morgan fingerprint density at radius 1 is 1.69 bits per heavy atom. The third kappa shape index (κ3) is 1.58. The lowest BCUT2D eigenvalue weighted by Gasteiger charge is -2.12. The van der Waals surface area contributed by atoms with Crippen molar-refractivity contribution < 1.29 is 19.2 Å². The molecule has 1 aromatic rings. The molecule has 0 radical (unpaired) electrons. The second-order valence-electron chi connectivity index (χ2n) is 3.43. The minimum absolute atomic E-state index is 0.118. The SMILES string of the molecule is COC(=O)C1(Oc2[nH]ncc2[N+](=O)[O-])CC1. The van der Waals surface area contributed by atoms with E-state index in [1.165, 1.54) is 7.11 Å². The van der Waals surface area contributed by atoms with Crippen molar-refractivity contribution in [2.24, 2.45) is 0 Å². The molecule has 1 fully saturated rings. The zero-order valence-corrected chi connectivity index (χ0v) is 8.43. The number of nitrogens with one attached hydrogen (secondary N) is 1. The normalized spacial score (nSPS) is 16.6. The van der Waals surface area contributed by atoms with Crippen LogP contribution in [-0.2, 0) is 9.53 Å². The summed E-state index contributed by atoms with van der Waals surface area (Å²) in [6.45, 7) is 0. The summed E-state index contributed by atoms with van der Waals surface area (Å²) in [7, 11) is 1.24. The molecule has 0 saturated heterocycles. The van der Waals surface area contributed by atoms with Crippen LogP contribution in [0.4, 0.5) is 5.69 Å². The Kier molecular flexibility index (Phi) is 2.26. The van der Waals surface area contributed by atoms with Crippen LogP contribution in [0.15, 0.2) is 6.20 Å². The maximum Gasteiger partial charge on any atom is 0.350 e. The predicted molar refractivity (Wildman–Crippen MR) is 49.9 cm³/mol. The van der Waals surface area contributed by atoms with Gasteiger partial charge in [-0.1, -0.05) is 0 Å². The molecule has 1 saturated carbocycles.